The molecule has 0 aliphatic rings. The van der Waals surface area contributed by atoms with Gasteiger partial charge in [-0.2, -0.15) is 13.2 Å². The first-order chi connectivity index (χ1) is 8.86. The zero-order valence-electron chi connectivity index (χ0n) is 9.50. The van der Waals surface area contributed by atoms with E-state index in [4.69, 9.17) is 17.3 Å². The third-order valence-electron chi connectivity index (χ3n) is 2.36. The number of anilines is 3. The number of alkyl halides is 3. The summed E-state index contributed by atoms with van der Waals surface area (Å²) < 4.78 is 37.4. The Morgan fingerprint density at radius 1 is 1.16 bits per heavy atom. The van der Waals surface area contributed by atoms with Crippen LogP contribution in [0.5, 0.6) is 0 Å². The number of aromatic nitrogens is 1. The fourth-order valence-corrected chi connectivity index (χ4v) is 1.70. The van der Waals surface area contributed by atoms with Gasteiger partial charge in [0.2, 0.25) is 0 Å². The third-order valence-corrected chi connectivity index (χ3v) is 2.67. The molecule has 0 bridgehead atoms. The van der Waals surface area contributed by atoms with Crippen LogP contribution in [0.2, 0.25) is 5.02 Å². The van der Waals surface area contributed by atoms with Gasteiger partial charge in [-0.15, -0.1) is 0 Å². The summed E-state index contributed by atoms with van der Waals surface area (Å²) in [6.07, 6.45) is -2.93. The average Bonchev–Trinajstić information content (AvgIpc) is 2.30. The van der Waals surface area contributed by atoms with Crippen molar-refractivity contribution in [1.29, 1.82) is 0 Å². The smallest absolute Gasteiger partial charge is 0.384 e. The lowest BCUT2D eigenvalue weighted by atomic mass is 10.2. The highest BCUT2D eigenvalue weighted by molar-refractivity contribution is 6.33. The Bertz CT molecular complexity index is 599. The first kappa shape index (κ1) is 13.5. The van der Waals surface area contributed by atoms with E-state index in [1.165, 1.54) is 12.3 Å². The number of hydrogen-bond donors (Lipinski definition) is 2. The van der Waals surface area contributed by atoms with Crippen LogP contribution in [-0.2, 0) is 6.18 Å². The standard InChI is InChI=1S/C12H9ClF3N3/c13-9-5-7(12(14,15)16)1-2-10(9)19-8-3-4-18-11(17)6-8/h1-6H,(H3,17,18,19). The van der Waals surface area contributed by atoms with Crippen molar-refractivity contribution in [2.45, 2.75) is 6.18 Å². The van der Waals surface area contributed by atoms with Crippen LogP contribution in [0.4, 0.5) is 30.4 Å². The lowest BCUT2D eigenvalue weighted by molar-refractivity contribution is -0.137. The van der Waals surface area contributed by atoms with Crippen LogP contribution in [0.1, 0.15) is 5.56 Å². The monoisotopic (exact) mass is 287 g/mol. The van der Waals surface area contributed by atoms with Gasteiger partial charge in [-0.05, 0) is 24.3 Å². The minimum atomic E-state index is -4.41. The largest absolute Gasteiger partial charge is 0.416 e. The van der Waals surface area contributed by atoms with E-state index in [1.807, 2.05) is 0 Å². The normalized spacial score (nSPS) is 11.4. The molecule has 0 aliphatic heterocycles. The molecule has 0 unspecified atom stereocenters. The molecular weight excluding hydrogens is 279 g/mol. The molecule has 19 heavy (non-hydrogen) atoms. The summed E-state index contributed by atoms with van der Waals surface area (Å²) in [5.41, 5.74) is 5.66. The first-order valence-electron chi connectivity index (χ1n) is 5.21. The minimum Gasteiger partial charge on any atom is -0.384 e. The Balaban J connectivity index is 2.27. The predicted molar refractivity (Wildman–Crippen MR) is 68.4 cm³/mol. The molecule has 0 saturated heterocycles. The molecular formula is C12H9ClF3N3. The van der Waals surface area contributed by atoms with Gasteiger partial charge in [-0.25, -0.2) is 4.98 Å². The number of rotatable bonds is 2. The number of nitrogens with two attached hydrogens (primary N) is 1. The molecule has 1 aromatic carbocycles. The summed E-state index contributed by atoms with van der Waals surface area (Å²) in [6, 6.07) is 6.27. The molecule has 1 aromatic heterocycles. The molecule has 1 heterocycles. The van der Waals surface area contributed by atoms with Crippen LogP contribution in [0, 0.1) is 0 Å². The molecule has 0 radical (unpaired) electrons. The third kappa shape index (κ3) is 3.29. The summed E-state index contributed by atoms with van der Waals surface area (Å²) in [5, 5.41) is 2.85. The SMILES string of the molecule is Nc1cc(Nc2ccc(C(F)(F)F)cc2Cl)ccn1. The van der Waals surface area contributed by atoms with Gasteiger partial charge < -0.3 is 11.1 Å². The molecule has 2 aromatic rings. The van der Waals surface area contributed by atoms with Gasteiger partial charge in [0.15, 0.2) is 0 Å². The highest BCUT2D eigenvalue weighted by atomic mass is 35.5. The van der Waals surface area contributed by atoms with Crippen LogP contribution in [0.15, 0.2) is 36.5 Å². The van der Waals surface area contributed by atoms with E-state index in [2.05, 4.69) is 10.3 Å². The average molecular weight is 288 g/mol. The topological polar surface area (TPSA) is 50.9 Å². The molecule has 3 N–H and O–H groups in total. The maximum atomic E-state index is 12.5. The molecule has 0 aliphatic carbocycles. The van der Waals surface area contributed by atoms with Crippen LogP contribution >= 0.6 is 11.6 Å². The van der Waals surface area contributed by atoms with E-state index in [-0.39, 0.29) is 5.02 Å². The molecule has 0 saturated carbocycles. The molecule has 100 valence electrons. The second-order valence-corrected chi connectivity index (χ2v) is 4.19. The highest BCUT2D eigenvalue weighted by Gasteiger charge is 2.30. The van der Waals surface area contributed by atoms with Gasteiger partial charge >= 0.3 is 6.18 Å². The Kier molecular flexibility index (Phi) is 3.53. The van der Waals surface area contributed by atoms with Gasteiger partial charge in [0.05, 0.1) is 16.3 Å². The van der Waals surface area contributed by atoms with Crippen molar-refractivity contribution < 1.29 is 13.2 Å². The molecule has 0 atom stereocenters. The fourth-order valence-electron chi connectivity index (χ4n) is 1.47. The van der Waals surface area contributed by atoms with Crippen LogP contribution in [0.25, 0.3) is 0 Å². The number of nitrogen functional groups attached to an aromatic ring is 1. The van der Waals surface area contributed by atoms with Crippen molar-refractivity contribution in [1.82, 2.24) is 4.98 Å². The number of pyridine rings is 1. The van der Waals surface area contributed by atoms with Crippen molar-refractivity contribution in [3.8, 4) is 0 Å². The van der Waals surface area contributed by atoms with Crippen LogP contribution in [-0.4, -0.2) is 4.98 Å². The minimum absolute atomic E-state index is 0.0230. The maximum Gasteiger partial charge on any atom is 0.416 e. The van der Waals surface area contributed by atoms with Crippen molar-refractivity contribution in [2.24, 2.45) is 0 Å². The number of halogens is 4. The first-order valence-corrected chi connectivity index (χ1v) is 5.59. The number of hydrogen-bond acceptors (Lipinski definition) is 3. The zero-order valence-corrected chi connectivity index (χ0v) is 10.3. The van der Waals surface area contributed by atoms with E-state index in [0.717, 1.165) is 12.1 Å². The van der Waals surface area contributed by atoms with E-state index in [9.17, 15) is 13.2 Å². The zero-order chi connectivity index (χ0) is 14.0. The van der Waals surface area contributed by atoms with Crippen molar-refractivity contribution in [3.63, 3.8) is 0 Å². The van der Waals surface area contributed by atoms with Gasteiger partial charge in [-0.1, -0.05) is 11.6 Å². The molecule has 0 fully saturated rings. The van der Waals surface area contributed by atoms with E-state index >= 15 is 0 Å². The van der Waals surface area contributed by atoms with Crippen LogP contribution < -0.4 is 11.1 Å². The molecule has 0 spiro atoms. The van der Waals surface area contributed by atoms with Crippen molar-refractivity contribution in [2.75, 3.05) is 11.1 Å². The highest BCUT2D eigenvalue weighted by Crippen LogP contribution is 2.34. The van der Waals surface area contributed by atoms with Crippen molar-refractivity contribution in [3.05, 3.63) is 47.1 Å². The van der Waals surface area contributed by atoms with E-state index in [1.54, 1.807) is 12.1 Å². The molecule has 7 heteroatoms. The summed E-state index contributed by atoms with van der Waals surface area (Å²) in [4.78, 5) is 3.81. The maximum absolute atomic E-state index is 12.5. The van der Waals surface area contributed by atoms with E-state index in [0.29, 0.717) is 17.2 Å². The number of benzene rings is 1. The lowest BCUT2D eigenvalue weighted by Gasteiger charge is -2.11. The quantitative estimate of drug-likeness (QED) is 0.875. The summed E-state index contributed by atoms with van der Waals surface area (Å²) >= 11 is 5.82. The van der Waals surface area contributed by atoms with Gasteiger partial charge in [0.25, 0.3) is 0 Å². The second kappa shape index (κ2) is 4.97. The number of nitrogens with one attached hydrogen (secondary N) is 1. The Labute approximate surface area is 112 Å². The molecule has 2 rings (SSSR count). The molecule has 3 nitrogen and oxygen atoms in total. The fraction of sp³-hybridized carbons (Fsp3) is 0.0833. The van der Waals surface area contributed by atoms with Gasteiger partial charge in [-0.3, -0.25) is 0 Å². The molecule has 0 amide bonds. The van der Waals surface area contributed by atoms with Crippen LogP contribution in [0.3, 0.4) is 0 Å². The summed E-state index contributed by atoms with van der Waals surface area (Å²) in [5.74, 6) is 0.299. The van der Waals surface area contributed by atoms with E-state index < -0.39 is 11.7 Å². The Morgan fingerprint density at radius 3 is 2.47 bits per heavy atom. The second-order valence-electron chi connectivity index (χ2n) is 3.79. The van der Waals surface area contributed by atoms with Gasteiger partial charge in [0.1, 0.15) is 5.82 Å². The summed E-state index contributed by atoms with van der Waals surface area (Å²) in [6.45, 7) is 0. The van der Waals surface area contributed by atoms with Crippen molar-refractivity contribution >= 4 is 28.8 Å². The Morgan fingerprint density at radius 2 is 1.89 bits per heavy atom. The van der Waals surface area contributed by atoms with Gasteiger partial charge in [0, 0.05) is 18.0 Å². The number of nitrogens with zero attached hydrogens (tertiary/aromatic N) is 1. The lowest BCUT2D eigenvalue weighted by Crippen LogP contribution is -2.05. The summed E-state index contributed by atoms with van der Waals surface area (Å²) in [7, 11) is 0. The Hall–Kier alpha value is -1.95. The predicted octanol–water partition coefficient (Wildman–Crippen LogP) is 4.08.